The third-order valence-electron chi connectivity index (χ3n) is 4.29. The van der Waals surface area contributed by atoms with E-state index in [0.717, 1.165) is 5.92 Å². The molecule has 0 aromatic heterocycles. The first-order valence-electron chi connectivity index (χ1n) is 8.04. The van der Waals surface area contributed by atoms with Crippen molar-refractivity contribution in [1.82, 2.24) is 0 Å². The van der Waals surface area contributed by atoms with Gasteiger partial charge in [-0.2, -0.15) is 0 Å². The van der Waals surface area contributed by atoms with Gasteiger partial charge in [-0.15, -0.1) is 0 Å². The van der Waals surface area contributed by atoms with Crippen LogP contribution in [0.2, 0.25) is 5.82 Å². The summed E-state index contributed by atoms with van der Waals surface area (Å²) >= 11 is 0. The van der Waals surface area contributed by atoms with Gasteiger partial charge in [0, 0.05) is 0 Å². The molecule has 2 radical (unpaired) electrons. The summed E-state index contributed by atoms with van der Waals surface area (Å²) in [6.45, 7) is 2.42. The van der Waals surface area contributed by atoms with Gasteiger partial charge in [-0.05, 0) is 5.92 Å². The number of hydrogen-bond acceptors (Lipinski definition) is 0. The molecule has 98 valence electrons. The van der Waals surface area contributed by atoms with Crippen molar-refractivity contribution < 1.29 is 0 Å². The SMILES string of the molecule is [B]C1CCCCCCCCCC[C@H](C)CCC1. The Morgan fingerprint density at radius 1 is 0.588 bits per heavy atom. The van der Waals surface area contributed by atoms with Crippen molar-refractivity contribution in [2.75, 3.05) is 0 Å². The van der Waals surface area contributed by atoms with Crippen LogP contribution < -0.4 is 0 Å². The predicted octanol–water partition coefficient (Wildman–Crippen LogP) is 5.66. The molecule has 0 aliphatic heterocycles. The highest BCUT2D eigenvalue weighted by molar-refractivity contribution is 6.11. The average molecular weight is 234 g/mol. The highest BCUT2D eigenvalue weighted by atomic mass is 14.1. The molecule has 0 spiro atoms. The fourth-order valence-corrected chi connectivity index (χ4v) is 2.98. The zero-order chi connectivity index (χ0) is 12.3. The molecule has 0 aromatic carbocycles. The van der Waals surface area contributed by atoms with E-state index in [1.807, 2.05) is 0 Å². The van der Waals surface area contributed by atoms with Crippen molar-refractivity contribution in [3.05, 3.63) is 0 Å². The Morgan fingerprint density at radius 3 is 1.65 bits per heavy atom. The fourth-order valence-electron chi connectivity index (χ4n) is 2.98. The van der Waals surface area contributed by atoms with Gasteiger partial charge in [-0.25, -0.2) is 0 Å². The maximum Gasteiger partial charge on any atom is 0.0699 e. The summed E-state index contributed by atoms with van der Waals surface area (Å²) in [6.07, 6.45) is 18.2. The summed E-state index contributed by atoms with van der Waals surface area (Å²) in [6, 6.07) is 0. The molecule has 0 aromatic rings. The van der Waals surface area contributed by atoms with Crippen LogP contribution in [0.3, 0.4) is 0 Å². The van der Waals surface area contributed by atoms with Gasteiger partial charge in [-0.1, -0.05) is 96.2 Å². The predicted molar refractivity (Wildman–Crippen MR) is 78.7 cm³/mol. The minimum atomic E-state index is 0.479. The molecular weight excluding hydrogens is 203 g/mol. The van der Waals surface area contributed by atoms with E-state index in [4.69, 9.17) is 7.85 Å². The Balaban J connectivity index is 2.20. The molecule has 1 saturated carbocycles. The summed E-state index contributed by atoms with van der Waals surface area (Å²) in [4.78, 5) is 0. The van der Waals surface area contributed by atoms with Crippen LogP contribution in [0.15, 0.2) is 0 Å². The van der Waals surface area contributed by atoms with Crippen LogP contribution in [0, 0.1) is 5.92 Å². The first-order valence-corrected chi connectivity index (χ1v) is 8.04. The molecule has 17 heavy (non-hydrogen) atoms. The van der Waals surface area contributed by atoms with Gasteiger partial charge in [-0.3, -0.25) is 0 Å². The van der Waals surface area contributed by atoms with E-state index >= 15 is 0 Å². The Bertz CT molecular complexity index is 149. The molecule has 1 fully saturated rings. The Hall–Kier alpha value is 0.0649. The monoisotopic (exact) mass is 234 g/mol. The Labute approximate surface area is 110 Å². The van der Waals surface area contributed by atoms with Crippen LogP contribution in [-0.2, 0) is 0 Å². The molecule has 1 heteroatoms. The lowest BCUT2D eigenvalue weighted by Crippen LogP contribution is -1.98. The number of hydrogen-bond donors (Lipinski definition) is 0. The molecule has 0 heterocycles. The van der Waals surface area contributed by atoms with Gasteiger partial charge < -0.3 is 0 Å². The van der Waals surface area contributed by atoms with E-state index in [1.54, 1.807) is 0 Å². The lowest BCUT2D eigenvalue weighted by atomic mass is 9.78. The second-order valence-corrected chi connectivity index (χ2v) is 6.20. The summed E-state index contributed by atoms with van der Waals surface area (Å²) in [5.41, 5.74) is 0. The molecule has 0 nitrogen and oxygen atoms in total. The molecule has 1 unspecified atom stereocenters. The lowest BCUT2D eigenvalue weighted by molar-refractivity contribution is 0.435. The standard InChI is InChI=1S/C16H31B/c1-15-11-8-6-4-2-3-5-7-9-13-16(17)14-10-12-15/h15-16H,2-14H2,1H3/t15-,16?/m0/s1. The van der Waals surface area contributed by atoms with E-state index in [1.165, 1.54) is 83.5 Å². The van der Waals surface area contributed by atoms with E-state index in [2.05, 4.69) is 6.92 Å². The highest BCUT2D eigenvalue weighted by Gasteiger charge is 2.06. The van der Waals surface area contributed by atoms with Crippen LogP contribution in [0.25, 0.3) is 0 Å². The molecule has 1 aliphatic rings. The van der Waals surface area contributed by atoms with E-state index in [9.17, 15) is 0 Å². The van der Waals surface area contributed by atoms with Crippen molar-refractivity contribution in [3.63, 3.8) is 0 Å². The molecule has 2 atom stereocenters. The quantitative estimate of drug-likeness (QED) is 0.474. The summed E-state index contributed by atoms with van der Waals surface area (Å²) < 4.78 is 0. The van der Waals surface area contributed by atoms with Gasteiger partial charge >= 0.3 is 0 Å². The van der Waals surface area contributed by atoms with Gasteiger partial charge in [0.05, 0.1) is 7.85 Å². The van der Waals surface area contributed by atoms with Crippen LogP contribution >= 0.6 is 0 Å². The summed E-state index contributed by atoms with van der Waals surface area (Å²) in [7, 11) is 6.16. The second kappa shape index (κ2) is 10.0. The minimum Gasteiger partial charge on any atom is -0.0774 e. The zero-order valence-electron chi connectivity index (χ0n) is 11.9. The molecule has 1 rings (SSSR count). The third kappa shape index (κ3) is 8.74. The smallest absolute Gasteiger partial charge is 0.0699 e. The normalized spacial score (nSPS) is 31.4. The fraction of sp³-hybridized carbons (Fsp3) is 1.00. The van der Waals surface area contributed by atoms with E-state index in [0.29, 0.717) is 5.82 Å². The summed E-state index contributed by atoms with van der Waals surface area (Å²) in [5.74, 6) is 1.40. The third-order valence-corrected chi connectivity index (χ3v) is 4.29. The zero-order valence-corrected chi connectivity index (χ0v) is 11.9. The maximum atomic E-state index is 6.16. The van der Waals surface area contributed by atoms with Crippen LogP contribution in [0.1, 0.15) is 90.4 Å². The van der Waals surface area contributed by atoms with Gasteiger partial charge in [0.25, 0.3) is 0 Å². The molecule has 0 amide bonds. The van der Waals surface area contributed by atoms with E-state index < -0.39 is 0 Å². The van der Waals surface area contributed by atoms with Crippen LogP contribution in [0.5, 0.6) is 0 Å². The topological polar surface area (TPSA) is 0 Å². The molecule has 0 saturated heterocycles. The van der Waals surface area contributed by atoms with Crippen molar-refractivity contribution in [2.45, 2.75) is 96.2 Å². The molecule has 0 N–H and O–H groups in total. The molecule has 1 aliphatic carbocycles. The summed E-state index contributed by atoms with van der Waals surface area (Å²) in [5, 5.41) is 0. The largest absolute Gasteiger partial charge is 0.0774 e. The van der Waals surface area contributed by atoms with Crippen molar-refractivity contribution in [3.8, 4) is 0 Å². The first-order chi connectivity index (χ1) is 8.29. The maximum absolute atomic E-state index is 6.16. The van der Waals surface area contributed by atoms with Crippen molar-refractivity contribution in [1.29, 1.82) is 0 Å². The Kier molecular flexibility index (Phi) is 8.92. The second-order valence-electron chi connectivity index (χ2n) is 6.20. The minimum absolute atomic E-state index is 0.479. The van der Waals surface area contributed by atoms with E-state index in [-0.39, 0.29) is 0 Å². The molecular formula is C16H31B. The lowest BCUT2D eigenvalue weighted by Gasteiger charge is -2.14. The average Bonchev–Trinajstić information content (AvgIpc) is 2.31. The number of rotatable bonds is 0. The van der Waals surface area contributed by atoms with Crippen LogP contribution in [-0.4, -0.2) is 7.85 Å². The Morgan fingerprint density at radius 2 is 1.00 bits per heavy atom. The van der Waals surface area contributed by atoms with Crippen molar-refractivity contribution in [2.24, 2.45) is 5.92 Å². The van der Waals surface area contributed by atoms with Crippen molar-refractivity contribution >= 4 is 7.85 Å². The first kappa shape index (κ1) is 15.1. The van der Waals surface area contributed by atoms with Crippen LogP contribution in [0.4, 0.5) is 0 Å². The van der Waals surface area contributed by atoms with Gasteiger partial charge in [0.2, 0.25) is 0 Å². The van der Waals surface area contributed by atoms with Gasteiger partial charge in [0.1, 0.15) is 0 Å². The highest BCUT2D eigenvalue weighted by Crippen LogP contribution is 2.24. The van der Waals surface area contributed by atoms with Gasteiger partial charge in [0.15, 0.2) is 0 Å². The molecule has 0 bridgehead atoms.